The number of nitrogens with one attached hydrogen (secondary N) is 2. The monoisotopic (exact) mass is 562 g/mol. The third-order valence-corrected chi connectivity index (χ3v) is 5.61. The van der Waals surface area contributed by atoms with Gasteiger partial charge in [0.15, 0.2) is 11.8 Å². The summed E-state index contributed by atoms with van der Waals surface area (Å²) < 4.78 is 7.20. The second-order valence-electron chi connectivity index (χ2n) is 8.11. The molecule has 0 spiro atoms. The molecule has 1 aromatic heterocycles. The summed E-state index contributed by atoms with van der Waals surface area (Å²) in [6.07, 6.45) is 0.890. The lowest BCUT2D eigenvalue weighted by Crippen LogP contribution is -2.40. The van der Waals surface area contributed by atoms with Gasteiger partial charge in [-0.25, -0.2) is 4.99 Å². The van der Waals surface area contributed by atoms with Crippen molar-refractivity contribution >= 4 is 29.9 Å². The van der Waals surface area contributed by atoms with Gasteiger partial charge in [-0.3, -0.25) is 0 Å². The summed E-state index contributed by atoms with van der Waals surface area (Å²) in [6, 6.07) is 16.8. The molecule has 1 atom stereocenters. The Labute approximate surface area is 214 Å². The molecule has 178 valence electrons. The number of aliphatic imine (C=N–C) groups is 1. The number of benzene rings is 2. The number of rotatable bonds is 9. The van der Waals surface area contributed by atoms with Crippen molar-refractivity contribution < 1.29 is 4.74 Å². The van der Waals surface area contributed by atoms with E-state index in [4.69, 9.17) is 9.73 Å². The molecule has 0 bridgehead atoms. The summed E-state index contributed by atoms with van der Waals surface area (Å²) in [5, 5.41) is 15.3. The molecule has 0 aliphatic heterocycles. The molecule has 3 aromatic rings. The fraction of sp³-hybridized carbons (Fsp3) is 0.400. The number of halogens is 1. The summed E-state index contributed by atoms with van der Waals surface area (Å²) in [6.45, 7) is 8.32. The van der Waals surface area contributed by atoms with Crippen molar-refractivity contribution in [3.05, 3.63) is 76.9 Å². The highest BCUT2D eigenvalue weighted by atomic mass is 127. The van der Waals surface area contributed by atoms with Crippen LogP contribution in [0.5, 0.6) is 5.75 Å². The topological polar surface area (TPSA) is 76.4 Å². The van der Waals surface area contributed by atoms with Gasteiger partial charge in [-0.15, -0.1) is 34.2 Å². The number of hydrogen-bond donors (Lipinski definition) is 2. The SMILES string of the molecule is COc1ccc(CCNC(=NCc2nnc(C)n2C)NCC(C)c2cccc(C)c2)cc1.I. The van der Waals surface area contributed by atoms with E-state index in [-0.39, 0.29) is 24.0 Å². The Kier molecular flexibility index (Phi) is 10.6. The third kappa shape index (κ3) is 8.03. The van der Waals surface area contributed by atoms with E-state index in [1.165, 1.54) is 16.7 Å². The second-order valence-corrected chi connectivity index (χ2v) is 8.11. The van der Waals surface area contributed by atoms with E-state index in [1.807, 2.05) is 30.7 Å². The molecule has 0 aliphatic carbocycles. The van der Waals surface area contributed by atoms with Crippen LogP contribution in [0.1, 0.15) is 41.2 Å². The summed E-state index contributed by atoms with van der Waals surface area (Å²) in [5.74, 6) is 3.73. The first-order valence-electron chi connectivity index (χ1n) is 11.0. The normalized spacial score (nSPS) is 12.1. The van der Waals surface area contributed by atoms with Crippen molar-refractivity contribution in [3.8, 4) is 5.75 Å². The highest BCUT2D eigenvalue weighted by Gasteiger charge is 2.09. The minimum Gasteiger partial charge on any atom is -0.497 e. The minimum atomic E-state index is 0. The van der Waals surface area contributed by atoms with Crippen molar-refractivity contribution in [1.29, 1.82) is 0 Å². The van der Waals surface area contributed by atoms with Crippen LogP contribution in [0.3, 0.4) is 0 Å². The largest absolute Gasteiger partial charge is 0.497 e. The highest BCUT2D eigenvalue weighted by molar-refractivity contribution is 14.0. The quantitative estimate of drug-likeness (QED) is 0.233. The van der Waals surface area contributed by atoms with Crippen LogP contribution in [0.15, 0.2) is 53.5 Å². The minimum absolute atomic E-state index is 0. The molecule has 8 heteroatoms. The molecule has 2 N–H and O–H groups in total. The fourth-order valence-corrected chi connectivity index (χ4v) is 3.37. The Hall–Kier alpha value is -2.62. The van der Waals surface area contributed by atoms with Gasteiger partial charge in [-0.05, 0) is 49.4 Å². The van der Waals surface area contributed by atoms with Crippen LogP contribution < -0.4 is 15.4 Å². The molecule has 0 radical (unpaired) electrons. The van der Waals surface area contributed by atoms with Gasteiger partial charge in [-0.2, -0.15) is 0 Å². The molecule has 0 amide bonds. The van der Waals surface area contributed by atoms with Crippen LogP contribution in [-0.4, -0.2) is 40.9 Å². The molecule has 1 heterocycles. The Morgan fingerprint density at radius 2 is 1.85 bits per heavy atom. The van der Waals surface area contributed by atoms with Crippen molar-refractivity contribution in [2.75, 3.05) is 20.2 Å². The zero-order valence-electron chi connectivity index (χ0n) is 20.1. The van der Waals surface area contributed by atoms with Crippen molar-refractivity contribution in [1.82, 2.24) is 25.4 Å². The lowest BCUT2D eigenvalue weighted by Gasteiger charge is -2.17. The van der Waals surface area contributed by atoms with E-state index in [0.717, 1.165) is 42.9 Å². The maximum Gasteiger partial charge on any atom is 0.191 e. The van der Waals surface area contributed by atoms with E-state index in [1.54, 1.807) is 7.11 Å². The van der Waals surface area contributed by atoms with Gasteiger partial charge in [0, 0.05) is 20.1 Å². The molecule has 0 saturated heterocycles. The van der Waals surface area contributed by atoms with Crippen LogP contribution >= 0.6 is 24.0 Å². The van der Waals surface area contributed by atoms with E-state index in [0.29, 0.717) is 12.5 Å². The molecule has 2 aromatic carbocycles. The van der Waals surface area contributed by atoms with E-state index in [2.05, 4.69) is 71.1 Å². The smallest absolute Gasteiger partial charge is 0.191 e. The molecule has 0 aliphatic rings. The van der Waals surface area contributed by atoms with E-state index >= 15 is 0 Å². The number of hydrogen-bond acceptors (Lipinski definition) is 4. The lowest BCUT2D eigenvalue weighted by atomic mass is 9.99. The predicted octanol–water partition coefficient (Wildman–Crippen LogP) is 4.14. The average molecular weight is 563 g/mol. The number of methoxy groups -OCH3 is 1. The van der Waals surface area contributed by atoms with Crippen LogP contribution in [0.4, 0.5) is 0 Å². The molecule has 7 nitrogen and oxygen atoms in total. The van der Waals surface area contributed by atoms with Crippen LogP contribution in [0, 0.1) is 13.8 Å². The Morgan fingerprint density at radius 3 is 2.48 bits per heavy atom. The summed E-state index contributed by atoms with van der Waals surface area (Å²) in [5.41, 5.74) is 3.84. The summed E-state index contributed by atoms with van der Waals surface area (Å²) in [4.78, 5) is 4.76. The third-order valence-electron chi connectivity index (χ3n) is 5.61. The first-order valence-corrected chi connectivity index (χ1v) is 11.0. The van der Waals surface area contributed by atoms with Gasteiger partial charge in [0.1, 0.15) is 18.1 Å². The van der Waals surface area contributed by atoms with Crippen LogP contribution in [-0.2, 0) is 20.0 Å². The van der Waals surface area contributed by atoms with Gasteiger partial charge in [-0.1, -0.05) is 48.9 Å². The molecular formula is C25H35IN6O. The lowest BCUT2D eigenvalue weighted by molar-refractivity contribution is 0.414. The van der Waals surface area contributed by atoms with Gasteiger partial charge in [0.25, 0.3) is 0 Å². The predicted molar refractivity (Wildman–Crippen MR) is 145 cm³/mol. The molecule has 0 fully saturated rings. The Morgan fingerprint density at radius 1 is 1.09 bits per heavy atom. The first-order chi connectivity index (χ1) is 15.5. The highest BCUT2D eigenvalue weighted by Crippen LogP contribution is 2.15. The maximum absolute atomic E-state index is 5.24. The zero-order valence-corrected chi connectivity index (χ0v) is 22.5. The van der Waals surface area contributed by atoms with E-state index < -0.39 is 0 Å². The standard InChI is InChI=1S/C25H34N6O.HI/c1-18-7-6-8-22(15-18)19(2)16-27-25(28-17-24-30-29-20(3)31(24)4)26-14-13-21-9-11-23(32-5)12-10-21;/h6-12,15,19H,13-14,16-17H2,1-5H3,(H2,26,27,28);1H. The number of nitrogens with zero attached hydrogens (tertiary/aromatic N) is 4. The molecule has 3 rings (SSSR count). The summed E-state index contributed by atoms with van der Waals surface area (Å²) in [7, 11) is 3.64. The number of guanidine groups is 1. The van der Waals surface area contributed by atoms with Gasteiger partial charge < -0.3 is 19.9 Å². The molecular weight excluding hydrogens is 527 g/mol. The zero-order chi connectivity index (χ0) is 22.9. The van der Waals surface area contributed by atoms with Crippen LogP contribution in [0.2, 0.25) is 0 Å². The maximum atomic E-state index is 5.24. The van der Waals surface area contributed by atoms with E-state index in [9.17, 15) is 0 Å². The number of ether oxygens (including phenoxy) is 1. The second kappa shape index (κ2) is 13.2. The molecule has 0 saturated carbocycles. The molecule has 1 unspecified atom stereocenters. The van der Waals surface area contributed by atoms with Gasteiger partial charge in [0.2, 0.25) is 0 Å². The van der Waals surface area contributed by atoms with Crippen molar-refractivity contribution in [2.45, 2.75) is 39.7 Å². The van der Waals surface area contributed by atoms with Crippen molar-refractivity contribution in [2.24, 2.45) is 12.0 Å². The summed E-state index contributed by atoms with van der Waals surface area (Å²) >= 11 is 0. The van der Waals surface area contributed by atoms with Crippen LogP contribution in [0.25, 0.3) is 0 Å². The number of aryl methyl sites for hydroxylation is 2. The van der Waals surface area contributed by atoms with Crippen molar-refractivity contribution in [3.63, 3.8) is 0 Å². The fourth-order valence-electron chi connectivity index (χ4n) is 3.37. The van der Waals surface area contributed by atoms with Gasteiger partial charge in [0.05, 0.1) is 7.11 Å². The first kappa shape index (κ1) is 26.6. The average Bonchev–Trinajstić information content (AvgIpc) is 3.13. The van der Waals surface area contributed by atoms with Gasteiger partial charge >= 0.3 is 0 Å². The number of aromatic nitrogens is 3. The molecule has 33 heavy (non-hydrogen) atoms. The Balaban J connectivity index is 0.00000385. The Bertz CT molecular complexity index is 1030.